The molecule has 1 unspecified atom stereocenters. The van der Waals surface area contributed by atoms with Gasteiger partial charge < -0.3 is 26.0 Å². The smallest absolute Gasteiger partial charge is 0.404 e. The molecular weight excluding hydrogens is 546 g/mol. The number of carbonyl (C=O) groups excluding carboxylic acids is 3. The van der Waals surface area contributed by atoms with E-state index in [1.165, 1.54) is 30.0 Å². The molecular formula is C21H23N5O10S2. The number of nitro groups is 1. The van der Waals surface area contributed by atoms with Crippen molar-refractivity contribution in [2.24, 2.45) is 5.73 Å². The standard InChI is InChI=1S/C21H23N5O10S2/c22-21(33)36-8-10-9-37-18-15(17(28)25(18)16(10)20(31)32)23-14(27)7-3-4-11(19(29)30)24-38-13-6-2-1-5-12(13)26(34)35/h1-2,5-6,11,15,18,24H,3-4,7-9H2,(H2,22,33)(H,23,27)(H,29,30)(H,31,32)/t11?,15-,18+/m1/s1. The van der Waals surface area contributed by atoms with Gasteiger partial charge in [-0.2, -0.15) is 0 Å². The third-order valence-electron chi connectivity index (χ3n) is 5.52. The minimum atomic E-state index is -1.39. The van der Waals surface area contributed by atoms with Crippen molar-refractivity contribution in [2.75, 3.05) is 12.4 Å². The Morgan fingerprint density at radius 3 is 2.63 bits per heavy atom. The topological polar surface area (TPSA) is 231 Å². The summed E-state index contributed by atoms with van der Waals surface area (Å²) in [5.41, 5.74) is 4.61. The van der Waals surface area contributed by atoms with E-state index in [1.54, 1.807) is 6.07 Å². The minimum Gasteiger partial charge on any atom is -0.480 e. The number of nitrogens with zero attached hydrogens (tertiary/aromatic N) is 2. The molecule has 0 aliphatic carbocycles. The number of β-lactam (4-membered cyclic amide) rings is 1. The van der Waals surface area contributed by atoms with E-state index in [2.05, 4.69) is 14.8 Å². The van der Waals surface area contributed by atoms with Crippen LogP contribution in [0.4, 0.5) is 10.5 Å². The summed E-state index contributed by atoms with van der Waals surface area (Å²) in [7, 11) is 0. The van der Waals surface area contributed by atoms with E-state index < -0.39 is 52.2 Å². The zero-order valence-corrected chi connectivity index (χ0v) is 21.2. The van der Waals surface area contributed by atoms with Crippen molar-refractivity contribution in [3.8, 4) is 0 Å². The Labute approximate surface area is 223 Å². The normalized spacial score (nSPS) is 19.2. The Bertz CT molecular complexity index is 1190. The van der Waals surface area contributed by atoms with Gasteiger partial charge in [-0.1, -0.05) is 12.1 Å². The van der Waals surface area contributed by atoms with Gasteiger partial charge in [0, 0.05) is 23.8 Å². The first-order chi connectivity index (χ1) is 18.0. The first-order valence-corrected chi connectivity index (χ1v) is 12.9. The summed E-state index contributed by atoms with van der Waals surface area (Å²) in [6.45, 7) is -0.383. The average molecular weight is 570 g/mol. The number of hydrogen-bond acceptors (Lipinski definition) is 11. The predicted molar refractivity (Wildman–Crippen MR) is 133 cm³/mol. The van der Waals surface area contributed by atoms with E-state index in [9.17, 15) is 44.3 Å². The molecule has 0 radical (unpaired) electrons. The number of primary amides is 1. The lowest BCUT2D eigenvalue weighted by atomic mass is 10.0. The number of nitro benzene ring substituents is 1. The van der Waals surface area contributed by atoms with Crippen molar-refractivity contribution in [1.29, 1.82) is 0 Å². The summed E-state index contributed by atoms with van der Waals surface area (Å²) >= 11 is 1.99. The molecule has 0 aromatic heterocycles. The summed E-state index contributed by atoms with van der Waals surface area (Å²) < 4.78 is 7.32. The highest BCUT2D eigenvalue weighted by molar-refractivity contribution is 8.00. The summed E-state index contributed by atoms with van der Waals surface area (Å²) in [5.74, 6) is -3.62. The molecule has 15 nitrogen and oxygen atoms in total. The highest BCUT2D eigenvalue weighted by Gasteiger charge is 2.54. The van der Waals surface area contributed by atoms with Crippen molar-refractivity contribution in [1.82, 2.24) is 14.9 Å². The number of carbonyl (C=O) groups is 5. The molecule has 1 aromatic rings. The molecule has 2 aliphatic heterocycles. The molecule has 3 rings (SSSR count). The number of nitrogens with one attached hydrogen (secondary N) is 2. The van der Waals surface area contributed by atoms with Gasteiger partial charge in [0.2, 0.25) is 5.91 Å². The quantitative estimate of drug-likeness (QED) is 0.0951. The predicted octanol–water partition coefficient (Wildman–Crippen LogP) is 0.649. The van der Waals surface area contributed by atoms with Crippen LogP contribution in [0.3, 0.4) is 0 Å². The highest BCUT2D eigenvalue weighted by Crippen LogP contribution is 2.40. The zero-order valence-electron chi connectivity index (χ0n) is 19.5. The Morgan fingerprint density at radius 1 is 1.29 bits per heavy atom. The summed E-state index contributed by atoms with van der Waals surface area (Å²) in [6.07, 6.45) is -1.05. The lowest BCUT2D eigenvalue weighted by Crippen LogP contribution is -2.70. The third kappa shape index (κ3) is 6.73. The van der Waals surface area contributed by atoms with E-state index in [4.69, 9.17) is 5.73 Å². The van der Waals surface area contributed by atoms with Crippen LogP contribution in [0, 0.1) is 10.1 Å². The van der Waals surface area contributed by atoms with Crippen LogP contribution in [-0.2, 0) is 23.9 Å². The second-order valence-electron chi connectivity index (χ2n) is 8.05. The van der Waals surface area contributed by atoms with Gasteiger partial charge in [0.15, 0.2) is 0 Å². The third-order valence-corrected chi connectivity index (χ3v) is 7.83. The Hall–Kier alpha value is -3.83. The van der Waals surface area contributed by atoms with Crippen LogP contribution < -0.4 is 15.8 Å². The van der Waals surface area contributed by atoms with Gasteiger partial charge in [-0.25, -0.2) is 14.3 Å². The summed E-state index contributed by atoms with van der Waals surface area (Å²) in [4.78, 5) is 71.0. The van der Waals surface area contributed by atoms with Crippen molar-refractivity contribution < 1.29 is 43.8 Å². The number of thioether (sulfide) groups is 1. The maximum Gasteiger partial charge on any atom is 0.404 e. The molecule has 3 amide bonds. The lowest BCUT2D eigenvalue weighted by molar-refractivity contribution is -0.387. The number of aliphatic carboxylic acids is 2. The second-order valence-corrected chi connectivity index (χ2v) is 10.0. The fourth-order valence-corrected chi connectivity index (χ4v) is 5.94. The van der Waals surface area contributed by atoms with E-state index in [-0.39, 0.29) is 53.5 Å². The number of hydrogen-bond donors (Lipinski definition) is 5. The van der Waals surface area contributed by atoms with E-state index >= 15 is 0 Å². The van der Waals surface area contributed by atoms with Crippen molar-refractivity contribution in [2.45, 2.75) is 41.6 Å². The zero-order chi connectivity index (χ0) is 28.0. The first kappa shape index (κ1) is 28.7. The van der Waals surface area contributed by atoms with Gasteiger partial charge in [-0.05, 0) is 30.9 Å². The number of amides is 3. The van der Waals surface area contributed by atoms with Crippen LogP contribution in [0.2, 0.25) is 0 Å². The van der Waals surface area contributed by atoms with Crippen molar-refractivity contribution in [3.63, 3.8) is 0 Å². The van der Waals surface area contributed by atoms with Gasteiger partial charge in [-0.3, -0.25) is 29.4 Å². The highest BCUT2D eigenvalue weighted by atomic mass is 32.2. The van der Waals surface area contributed by atoms with Crippen LogP contribution in [-0.4, -0.2) is 79.7 Å². The monoisotopic (exact) mass is 569 g/mol. The SMILES string of the molecule is NC(=O)OCC1=C(C(=O)O)N2C(=O)[C@@H](NC(=O)CCCC(NSc3ccccc3[N+](=O)[O-])C(=O)O)[C@@H]2SC1. The van der Waals surface area contributed by atoms with Crippen LogP contribution >= 0.6 is 23.7 Å². The number of carboxylic acids is 2. The maximum atomic E-state index is 12.6. The molecule has 0 saturated carbocycles. The molecule has 2 aliphatic rings. The molecule has 1 aromatic carbocycles. The molecule has 6 N–H and O–H groups in total. The molecule has 1 fully saturated rings. The molecule has 1 saturated heterocycles. The van der Waals surface area contributed by atoms with Gasteiger partial charge in [0.1, 0.15) is 34.7 Å². The Balaban J connectivity index is 1.51. The maximum absolute atomic E-state index is 12.6. The minimum absolute atomic E-state index is 0.0222. The van der Waals surface area contributed by atoms with E-state index in [0.717, 1.165) is 16.8 Å². The van der Waals surface area contributed by atoms with Crippen LogP contribution in [0.25, 0.3) is 0 Å². The molecule has 17 heteroatoms. The average Bonchev–Trinajstić information content (AvgIpc) is 2.86. The van der Waals surface area contributed by atoms with E-state index in [1.807, 2.05) is 0 Å². The lowest BCUT2D eigenvalue weighted by Gasteiger charge is -2.49. The first-order valence-electron chi connectivity index (χ1n) is 11.0. The Kier molecular flexibility index (Phi) is 9.54. The fourth-order valence-electron chi connectivity index (χ4n) is 3.73. The number of rotatable bonds is 13. The second kappa shape index (κ2) is 12.6. The number of carboxylic acid groups (broad SMARTS) is 2. The molecule has 0 bridgehead atoms. The van der Waals surface area contributed by atoms with Gasteiger partial charge in [-0.15, -0.1) is 11.8 Å². The molecule has 3 atom stereocenters. The van der Waals surface area contributed by atoms with Crippen LogP contribution in [0.1, 0.15) is 19.3 Å². The number of nitrogens with two attached hydrogens (primary N) is 1. The van der Waals surface area contributed by atoms with Crippen molar-refractivity contribution in [3.05, 3.63) is 45.6 Å². The Morgan fingerprint density at radius 2 is 2.00 bits per heavy atom. The number of fused-ring (bicyclic) bond motifs is 1. The molecule has 204 valence electrons. The summed E-state index contributed by atoms with van der Waals surface area (Å²) in [5, 5.41) is 32.0. The van der Waals surface area contributed by atoms with Crippen LogP contribution in [0.5, 0.6) is 0 Å². The molecule has 0 spiro atoms. The summed E-state index contributed by atoms with van der Waals surface area (Å²) in [6, 6.07) is 3.76. The van der Waals surface area contributed by atoms with Crippen LogP contribution in [0.15, 0.2) is 40.4 Å². The molecule has 2 heterocycles. The molecule has 38 heavy (non-hydrogen) atoms. The van der Waals surface area contributed by atoms with Gasteiger partial charge in [0.25, 0.3) is 11.6 Å². The van der Waals surface area contributed by atoms with E-state index in [0.29, 0.717) is 0 Å². The van der Waals surface area contributed by atoms with Gasteiger partial charge >= 0.3 is 18.0 Å². The fraction of sp³-hybridized carbons (Fsp3) is 0.381. The van der Waals surface area contributed by atoms with Gasteiger partial charge in [0.05, 0.1) is 4.92 Å². The number of para-hydroxylation sites is 1. The number of ether oxygens (including phenoxy) is 1. The largest absolute Gasteiger partial charge is 0.480 e. The van der Waals surface area contributed by atoms with Crippen molar-refractivity contribution >= 4 is 59.2 Å². The number of benzene rings is 1.